The summed E-state index contributed by atoms with van der Waals surface area (Å²) in [4.78, 5) is 8.89. The molecule has 0 aliphatic heterocycles. The molecule has 3 nitrogen and oxygen atoms in total. The molecular formula is C14H21N3S. The Morgan fingerprint density at radius 2 is 2.06 bits per heavy atom. The topological polar surface area (TPSA) is 37.8 Å². The van der Waals surface area contributed by atoms with Gasteiger partial charge in [0.1, 0.15) is 6.33 Å². The molecule has 98 valence electrons. The molecule has 0 saturated carbocycles. The van der Waals surface area contributed by atoms with Crippen molar-refractivity contribution in [2.45, 2.75) is 39.7 Å². The SMILES string of the molecule is CCNC(C)C(c1ncnc2ccsc12)C(C)C. The van der Waals surface area contributed by atoms with Crippen LogP contribution in [0.5, 0.6) is 0 Å². The lowest BCUT2D eigenvalue weighted by atomic mass is 9.86. The molecule has 0 radical (unpaired) electrons. The Bertz CT molecular complexity index is 506. The van der Waals surface area contributed by atoms with Gasteiger partial charge in [-0.2, -0.15) is 0 Å². The van der Waals surface area contributed by atoms with Crippen molar-refractivity contribution in [2.75, 3.05) is 6.54 Å². The number of rotatable bonds is 5. The Morgan fingerprint density at radius 3 is 2.72 bits per heavy atom. The molecule has 2 aromatic heterocycles. The van der Waals surface area contributed by atoms with Crippen LogP contribution in [0.15, 0.2) is 17.8 Å². The highest BCUT2D eigenvalue weighted by atomic mass is 32.1. The molecule has 4 heteroatoms. The quantitative estimate of drug-likeness (QED) is 0.898. The minimum absolute atomic E-state index is 0.425. The summed E-state index contributed by atoms with van der Waals surface area (Å²) >= 11 is 1.74. The van der Waals surface area contributed by atoms with Crippen molar-refractivity contribution in [3.63, 3.8) is 0 Å². The molecule has 0 fully saturated rings. The van der Waals surface area contributed by atoms with Crippen molar-refractivity contribution in [2.24, 2.45) is 5.92 Å². The van der Waals surface area contributed by atoms with Gasteiger partial charge in [0.15, 0.2) is 0 Å². The van der Waals surface area contributed by atoms with Gasteiger partial charge in [-0.25, -0.2) is 9.97 Å². The lowest BCUT2D eigenvalue weighted by Gasteiger charge is -2.27. The molecule has 1 N–H and O–H groups in total. The first-order chi connectivity index (χ1) is 8.65. The van der Waals surface area contributed by atoms with Gasteiger partial charge >= 0.3 is 0 Å². The average Bonchev–Trinajstić information content (AvgIpc) is 2.78. The maximum Gasteiger partial charge on any atom is 0.116 e. The van der Waals surface area contributed by atoms with E-state index < -0.39 is 0 Å². The van der Waals surface area contributed by atoms with E-state index in [1.54, 1.807) is 17.7 Å². The highest BCUT2D eigenvalue weighted by Gasteiger charge is 2.25. The maximum absolute atomic E-state index is 4.56. The molecule has 0 aliphatic rings. The summed E-state index contributed by atoms with van der Waals surface area (Å²) < 4.78 is 1.24. The summed E-state index contributed by atoms with van der Waals surface area (Å²) in [5.41, 5.74) is 2.26. The highest BCUT2D eigenvalue weighted by molar-refractivity contribution is 7.17. The number of fused-ring (bicyclic) bond motifs is 1. The standard InChI is InChI=1S/C14H21N3S/c1-5-15-10(4)12(9(2)3)13-14-11(6-7-18-14)16-8-17-13/h6-10,12,15H,5H2,1-4H3. The Labute approximate surface area is 113 Å². The molecule has 0 aromatic carbocycles. The van der Waals surface area contributed by atoms with Crippen LogP contribution in [0.4, 0.5) is 0 Å². The molecule has 0 aliphatic carbocycles. The summed E-state index contributed by atoms with van der Waals surface area (Å²) in [6.45, 7) is 9.91. The second-order valence-electron chi connectivity index (χ2n) is 5.01. The zero-order chi connectivity index (χ0) is 13.1. The minimum Gasteiger partial charge on any atom is -0.314 e. The van der Waals surface area contributed by atoms with Gasteiger partial charge in [-0.1, -0.05) is 20.8 Å². The first kappa shape index (κ1) is 13.4. The van der Waals surface area contributed by atoms with E-state index in [1.165, 1.54) is 10.4 Å². The lowest BCUT2D eigenvalue weighted by Crippen LogP contribution is -2.35. The van der Waals surface area contributed by atoms with Gasteiger partial charge in [0, 0.05) is 12.0 Å². The van der Waals surface area contributed by atoms with E-state index in [4.69, 9.17) is 0 Å². The highest BCUT2D eigenvalue weighted by Crippen LogP contribution is 2.33. The van der Waals surface area contributed by atoms with Crippen molar-refractivity contribution >= 4 is 21.6 Å². The van der Waals surface area contributed by atoms with Crippen molar-refractivity contribution < 1.29 is 0 Å². The molecular weight excluding hydrogens is 242 g/mol. The molecule has 0 bridgehead atoms. The van der Waals surface area contributed by atoms with E-state index in [9.17, 15) is 0 Å². The van der Waals surface area contributed by atoms with E-state index in [-0.39, 0.29) is 0 Å². The van der Waals surface area contributed by atoms with E-state index in [2.05, 4.69) is 54.4 Å². The summed E-state index contributed by atoms with van der Waals surface area (Å²) in [6.07, 6.45) is 1.69. The van der Waals surface area contributed by atoms with Gasteiger partial charge < -0.3 is 5.32 Å². The third-order valence-electron chi connectivity index (χ3n) is 3.37. The predicted octanol–water partition coefficient (Wildman–Crippen LogP) is 3.43. The third kappa shape index (κ3) is 2.54. The van der Waals surface area contributed by atoms with Crippen molar-refractivity contribution in [1.82, 2.24) is 15.3 Å². The van der Waals surface area contributed by atoms with Crippen LogP contribution in [0.2, 0.25) is 0 Å². The monoisotopic (exact) mass is 263 g/mol. The van der Waals surface area contributed by atoms with E-state index in [1.807, 2.05) is 0 Å². The van der Waals surface area contributed by atoms with E-state index in [0.717, 1.165) is 12.1 Å². The Hall–Kier alpha value is -1.000. The van der Waals surface area contributed by atoms with Gasteiger partial charge in [-0.05, 0) is 30.8 Å². The predicted molar refractivity (Wildman–Crippen MR) is 78.1 cm³/mol. The van der Waals surface area contributed by atoms with Gasteiger partial charge in [-0.15, -0.1) is 11.3 Å². The summed E-state index contributed by atoms with van der Waals surface area (Å²) in [5, 5.41) is 5.62. The number of nitrogens with zero attached hydrogens (tertiary/aromatic N) is 2. The maximum atomic E-state index is 4.56. The van der Waals surface area contributed by atoms with Crippen LogP contribution in [0.1, 0.15) is 39.3 Å². The third-order valence-corrected chi connectivity index (χ3v) is 4.30. The zero-order valence-corrected chi connectivity index (χ0v) is 12.3. The van der Waals surface area contributed by atoms with Crippen LogP contribution in [0.25, 0.3) is 10.2 Å². The van der Waals surface area contributed by atoms with Gasteiger partial charge in [-0.3, -0.25) is 0 Å². The number of thiophene rings is 1. The van der Waals surface area contributed by atoms with Crippen LogP contribution in [-0.2, 0) is 0 Å². The molecule has 2 unspecified atom stereocenters. The molecule has 2 rings (SSSR count). The van der Waals surface area contributed by atoms with Crippen molar-refractivity contribution in [3.05, 3.63) is 23.5 Å². The largest absolute Gasteiger partial charge is 0.314 e. The Morgan fingerprint density at radius 1 is 1.28 bits per heavy atom. The summed E-state index contributed by atoms with van der Waals surface area (Å²) in [5.74, 6) is 0.980. The average molecular weight is 263 g/mol. The van der Waals surface area contributed by atoms with Crippen molar-refractivity contribution in [3.8, 4) is 0 Å². The van der Waals surface area contributed by atoms with Crippen LogP contribution in [-0.4, -0.2) is 22.6 Å². The number of likely N-dealkylation sites (N-methyl/N-ethyl adjacent to an activating group) is 1. The molecule has 0 saturated heterocycles. The fraction of sp³-hybridized carbons (Fsp3) is 0.571. The number of hydrogen-bond acceptors (Lipinski definition) is 4. The second kappa shape index (κ2) is 5.76. The van der Waals surface area contributed by atoms with Gasteiger partial charge in [0.25, 0.3) is 0 Å². The van der Waals surface area contributed by atoms with Crippen LogP contribution < -0.4 is 5.32 Å². The molecule has 0 amide bonds. The molecule has 2 atom stereocenters. The van der Waals surface area contributed by atoms with Gasteiger partial charge in [0.2, 0.25) is 0 Å². The lowest BCUT2D eigenvalue weighted by molar-refractivity contribution is 0.378. The zero-order valence-electron chi connectivity index (χ0n) is 11.5. The first-order valence-electron chi connectivity index (χ1n) is 6.56. The fourth-order valence-electron chi connectivity index (χ4n) is 2.62. The number of nitrogens with one attached hydrogen (secondary N) is 1. The Balaban J connectivity index is 2.44. The van der Waals surface area contributed by atoms with E-state index >= 15 is 0 Å². The van der Waals surface area contributed by atoms with Crippen molar-refractivity contribution in [1.29, 1.82) is 0 Å². The molecule has 2 heterocycles. The summed E-state index contributed by atoms with van der Waals surface area (Å²) in [6, 6.07) is 2.50. The van der Waals surface area contributed by atoms with Gasteiger partial charge in [0.05, 0.1) is 15.9 Å². The Kier molecular flexibility index (Phi) is 4.30. The molecule has 0 spiro atoms. The first-order valence-corrected chi connectivity index (χ1v) is 7.44. The molecule has 2 aromatic rings. The smallest absolute Gasteiger partial charge is 0.116 e. The molecule has 18 heavy (non-hydrogen) atoms. The van der Waals surface area contributed by atoms with E-state index in [0.29, 0.717) is 17.9 Å². The summed E-state index contributed by atoms with van der Waals surface area (Å²) in [7, 11) is 0. The number of hydrogen-bond donors (Lipinski definition) is 1. The second-order valence-corrected chi connectivity index (χ2v) is 5.93. The number of aromatic nitrogens is 2. The minimum atomic E-state index is 0.425. The van der Waals surface area contributed by atoms with Crippen LogP contribution >= 0.6 is 11.3 Å². The fourth-order valence-corrected chi connectivity index (χ4v) is 3.51. The van der Waals surface area contributed by atoms with Crippen LogP contribution in [0.3, 0.4) is 0 Å². The normalized spacial score (nSPS) is 15.2. The van der Waals surface area contributed by atoms with Crippen LogP contribution in [0, 0.1) is 5.92 Å².